The molecule has 362 valence electrons. The predicted octanol–water partition coefficient (Wildman–Crippen LogP) is 19.1. The molecule has 0 saturated carbocycles. The minimum Gasteiger partial charge on any atom is -0.396 e. The van der Waals surface area contributed by atoms with Crippen LogP contribution >= 0.6 is 0 Å². The van der Waals surface area contributed by atoms with Crippen LogP contribution in [0.15, 0.2) is 72.9 Å². The van der Waals surface area contributed by atoms with E-state index < -0.39 is 5.60 Å². The molecule has 0 aromatic carbocycles. The van der Waals surface area contributed by atoms with Crippen LogP contribution in [0.1, 0.15) is 278 Å². The molecule has 0 bridgehead atoms. The van der Waals surface area contributed by atoms with Crippen molar-refractivity contribution in [3.8, 4) is 0 Å². The zero-order valence-corrected chi connectivity index (χ0v) is 42.0. The number of ether oxygens (including phenoxy) is 1. The molecule has 0 amide bonds. The standard InChI is InChI=1S/C59H108O3/c1-4-7-10-13-16-19-22-25-28-31-33-36-39-42-45-48-51-55-59(61,54-50-47-44-41-38-35-32-29-26-23-20-17-14-11-8-5-2)58(53-56-60)62-57-52-49-46-43-40-37-34-30-27-24-21-18-15-12-9-6-3/h16-21,25-30,58,60-61H,4-15,22-24,31-57H2,1-3H3. The summed E-state index contributed by atoms with van der Waals surface area (Å²) in [4.78, 5) is 0. The highest BCUT2D eigenvalue weighted by Crippen LogP contribution is 2.31. The average Bonchev–Trinajstić information content (AvgIpc) is 3.28. The first-order chi connectivity index (χ1) is 30.6. The van der Waals surface area contributed by atoms with Gasteiger partial charge in [-0.1, -0.05) is 229 Å². The van der Waals surface area contributed by atoms with Crippen molar-refractivity contribution in [2.75, 3.05) is 13.2 Å². The Bertz CT molecular complexity index is 1040. The summed E-state index contributed by atoms with van der Waals surface area (Å²) >= 11 is 0. The fourth-order valence-electron chi connectivity index (χ4n) is 8.40. The summed E-state index contributed by atoms with van der Waals surface area (Å²) < 4.78 is 6.49. The first kappa shape index (κ1) is 60.3. The maximum absolute atomic E-state index is 12.2. The van der Waals surface area contributed by atoms with E-state index in [9.17, 15) is 10.2 Å². The Kier molecular flexibility index (Phi) is 50.5. The van der Waals surface area contributed by atoms with Crippen molar-refractivity contribution in [1.29, 1.82) is 0 Å². The van der Waals surface area contributed by atoms with Crippen LogP contribution in [0.5, 0.6) is 0 Å². The highest BCUT2D eigenvalue weighted by atomic mass is 16.5. The van der Waals surface area contributed by atoms with Crippen LogP contribution in [0.2, 0.25) is 0 Å². The normalized spacial score (nSPS) is 14.1. The van der Waals surface area contributed by atoms with Crippen molar-refractivity contribution in [2.45, 2.75) is 289 Å². The number of hydrogen-bond donors (Lipinski definition) is 2. The number of hydrogen-bond acceptors (Lipinski definition) is 3. The third kappa shape index (κ3) is 44.9. The number of aliphatic hydroxyl groups is 2. The second-order valence-electron chi connectivity index (χ2n) is 18.6. The van der Waals surface area contributed by atoms with Gasteiger partial charge in [0.2, 0.25) is 0 Å². The van der Waals surface area contributed by atoms with E-state index >= 15 is 0 Å². The lowest BCUT2D eigenvalue weighted by molar-refractivity contribution is -0.127. The van der Waals surface area contributed by atoms with Crippen molar-refractivity contribution in [3.63, 3.8) is 0 Å². The third-order valence-electron chi connectivity index (χ3n) is 12.5. The van der Waals surface area contributed by atoms with E-state index in [0.29, 0.717) is 13.0 Å². The molecule has 0 rings (SSSR count). The molecular weight excluding hydrogens is 757 g/mol. The Morgan fingerprint density at radius 3 is 0.935 bits per heavy atom. The van der Waals surface area contributed by atoms with Crippen LogP contribution in [-0.4, -0.2) is 35.1 Å². The molecular formula is C59H108O3. The van der Waals surface area contributed by atoms with Crippen molar-refractivity contribution in [2.24, 2.45) is 0 Å². The quantitative estimate of drug-likeness (QED) is 0.0473. The molecule has 0 aliphatic carbocycles. The molecule has 0 aliphatic rings. The molecule has 0 saturated heterocycles. The van der Waals surface area contributed by atoms with Crippen molar-refractivity contribution >= 4 is 0 Å². The minimum atomic E-state index is -0.840. The van der Waals surface area contributed by atoms with Crippen LogP contribution in [0, 0.1) is 0 Å². The highest BCUT2D eigenvalue weighted by Gasteiger charge is 2.36. The predicted molar refractivity (Wildman–Crippen MR) is 278 cm³/mol. The molecule has 3 nitrogen and oxygen atoms in total. The van der Waals surface area contributed by atoms with Crippen LogP contribution in [0.25, 0.3) is 0 Å². The van der Waals surface area contributed by atoms with Gasteiger partial charge in [-0.05, 0) is 122 Å². The molecule has 0 spiro atoms. The fraction of sp³-hybridized carbons (Fsp3) is 0.797. The number of aliphatic hydroxyl groups excluding tert-OH is 1. The molecule has 0 fully saturated rings. The smallest absolute Gasteiger partial charge is 0.0909 e. The Morgan fingerprint density at radius 2 is 0.629 bits per heavy atom. The van der Waals surface area contributed by atoms with Gasteiger partial charge >= 0.3 is 0 Å². The van der Waals surface area contributed by atoms with Gasteiger partial charge < -0.3 is 14.9 Å². The molecule has 0 aliphatic heterocycles. The van der Waals surface area contributed by atoms with Gasteiger partial charge in [0.05, 0.1) is 11.7 Å². The SMILES string of the molecule is CCCCCC=CCC=CCCCCCCCCCC(O)(CCCCCCCCC=CCC=CCCCCC)C(CCO)OCCCCCCCCC=CCC=CCCCCC. The van der Waals surface area contributed by atoms with Gasteiger partial charge in [-0.15, -0.1) is 0 Å². The zero-order valence-electron chi connectivity index (χ0n) is 42.0. The number of allylic oxidation sites excluding steroid dienone is 12. The summed E-state index contributed by atoms with van der Waals surface area (Å²) in [5.74, 6) is 0. The van der Waals surface area contributed by atoms with E-state index in [1.807, 2.05) is 0 Å². The summed E-state index contributed by atoms with van der Waals surface area (Å²) in [6.45, 7) is 7.56. The van der Waals surface area contributed by atoms with E-state index in [-0.39, 0.29) is 12.7 Å². The maximum Gasteiger partial charge on any atom is 0.0909 e. The van der Waals surface area contributed by atoms with Gasteiger partial charge in [-0.2, -0.15) is 0 Å². The first-order valence-electron chi connectivity index (χ1n) is 27.5. The molecule has 0 aromatic rings. The summed E-state index contributed by atoms with van der Waals surface area (Å²) in [6.07, 6.45) is 75.6. The van der Waals surface area contributed by atoms with Crippen molar-refractivity contribution in [3.05, 3.63) is 72.9 Å². The lowest BCUT2D eigenvalue weighted by atomic mass is 9.83. The van der Waals surface area contributed by atoms with Gasteiger partial charge in [-0.3, -0.25) is 0 Å². The molecule has 2 unspecified atom stereocenters. The van der Waals surface area contributed by atoms with Gasteiger partial charge in [0, 0.05) is 13.2 Å². The Labute approximate surface area is 388 Å². The Balaban J connectivity index is 4.59. The minimum absolute atomic E-state index is 0.0747. The fourth-order valence-corrected chi connectivity index (χ4v) is 8.40. The lowest BCUT2D eigenvalue weighted by Crippen LogP contribution is -2.45. The monoisotopic (exact) mass is 865 g/mol. The second kappa shape index (κ2) is 51.9. The second-order valence-corrected chi connectivity index (χ2v) is 18.6. The zero-order chi connectivity index (χ0) is 45.0. The third-order valence-corrected chi connectivity index (χ3v) is 12.5. The van der Waals surface area contributed by atoms with Crippen LogP contribution < -0.4 is 0 Å². The summed E-state index contributed by atoms with van der Waals surface area (Å²) in [5, 5.41) is 22.3. The average molecular weight is 866 g/mol. The molecule has 0 heterocycles. The molecule has 0 radical (unpaired) electrons. The lowest BCUT2D eigenvalue weighted by Gasteiger charge is -2.36. The van der Waals surface area contributed by atoms with Crippen LogP contribution in [0.3, 0.4) is 0 Å². The number of unbranched alkanes of at least 4 members (excludes halogenated alkanes) is 28. The molecule has 0 aromatic heterocycles. The molecule has 2 atom stereocenters. The van der Waals surface area contributed by atoms with Crippen LogP contribution in [-0.2, 0) is 4.74 Å². The molecule has 2 N–H and O–H groups in total. The number of rotatable bonds is 50. The Hall–Kier alpha value is -1.68. The van der Waals surface area contributed by atoms with E-state index in [2.05, 4.69) is 93.7 Å². The van der Waals surface area contributed by atoms with E-state index in [1.165, 1.54) is 199 Å². The Morgan fingerprint density at radius 1 is 0.355 bits per heavy atom. The maximum atomic E-state index is 12.2. The summed E-state index contributed by atoms with van der Waals surface area (Å²) in [6, 6.07) is 0. The summed E-state index contributed by atoms with van der Waals surface area (Å²) in [5.41, 5.74) is -0.840. The molecule has 3 heteroatoms. The van der Waals surface area contributed by atoms with Crippen LogP contribution in [0.4, 0.5) is 0 Å². The molecule has 62 heavy (non-hydrogen) atoms. The largest absolute Gasteiger partial charge is 0.396 e. The van der Waals surface area contributed by atoms with Gasteiger partial charge in [-0.25, -0.2) is 0 Å². The highest BCUT2D eigenvalue weighted by molar-refractivity contribution is 4.94. The van der Waals surface area contributed by atoms with Gasteiger partial charge in [0.15, 0.2) is 0 Å². The topological polar surface area (TPSA) is 49.7 Å². The summed E-state index contributed by atoms with van der Waals surface area (Å²) in [7, 11) is 0. The van der Waals surface area contributed by atoms with E-state index in [4.69, 9.17) is 4.74 Å². The first-order valence-corrected chi connectivity index (χ1v) is 27.5. The van der Waals surface area contributed by atoms with Gasteiger partial charge in [0.25, 0.3) is 0 Å². The van der Waals surface area contributed by atoms with Crippen molar-refractivity contribution < 1.29 is 14.9 Å². The van der Waals surface area contributed by atoms with E-state index in [0.717, 1.165) is 51.4 Å². The van der Waals surface area contributed by atoms with Gasteiger partial charge in [0.1, 0.15) is 0 Å². The van der Waals surface area contributed by atoms with Crippen molar-refractivity contribution in [1.82, 2.24) is 0 Å². The van der Waals surface area contributed by atoms with E-state index in [1.54, 1.807) is 0 Å².